The van der Waals surface area contributed by atoms with Crippen LogP contribution >= 0.6 is 11.8 Å². The first-order chi connectivity index (χ1) is 9.75. The minimum absolute atomic E-state index is 0.0156. The molecule has 0 saturated carbocycles. The third-order valence-electron chi connectivity index (χ3n) is 3.32. The van der Waals surface area contributed by atoms with Gasteiger partial charge in [0, 0.05) is 17.6 Å². The normalized spacial score (nSPS) is 14.6. The molecule has 4 heteroatoms. The molecular weight excluding hydrogens is 268 g/mol. The molecule has 1 aromatic carbocycles. The van der Waals surface area contributed by atoms with Crippen molar-refractivity contribution in [2.75, 3.05) is 17.2 Å². The summed E-state index contributed by atoms with van der Waals surface area (Å²) in [5, 5.41) is 0. The molecule has 1 aromatic heterocycles. The SMILES string of the molecule is Cc1ccc2c(c1)SCCCN2C(=O)c1ccccn1. The molecule has 0 N–H and O–H groups in total. The number of hydrogen-bond acceptors (Lipinski definition) is 3. The molecule has 1 aliphatic rings. The molecule has 3 rings (SSSR count). The van der Waals surface area contributed by atoms with E-state index in [9.17, 15) is 4.79 Å². The molecule has 2 heterocycles. The lowest BCUT2D eigenvalue weighted by atomic mass is 10.2. The molecule has 0 radical (unpaired) electrons. The van der Waals surface area contributed by atoms with Gasteiger partial charge in [0.2, 0.25) is 0 Å². The van der Waals surface area contributed by atoms with Gasteiger partial charge < -0.3 is 4.90 Å². The van der Waals surface area contributed by atoms with Crippen molar-refractivity contribution in [1.29, 1.82) is 0 Å². The average Bonchev–Trinajstić information content (AvgIpc) is 2.69. The second kappa shape index (κ2) is 5.67. The first-order valence-electron chi connectivity index (χ1n) is 6.72. The number of amides is 1. The predicted octanol–water partition coefficient (Wildman–Crippen LogP) is 3.53. The van der Waals surface area contributed by atoms with Gasteiger partial charge >= 0.3 is 0 Å². The summed E-state index contributed by atoms with van der Waals surface area (Å²) in [6, 6.07) is 11.7. The van der Waals surface area contributed by atoms with Gasteiger partial charge in [0.05, 0.1) is 5.69 Å². The van der Waals surface area contributed by atoms with Crippen LogP contribution in [0.1, 0.15) is 22.5 Å². The van der Waals surface area contributed by atoms with Gasteiger partial charge in [-0.25, -0.2) is 0 Å². The van der Waals surface area contributed by atoms with Gasteiger partial charge in [-0.1, -0.05) is 12.1 Å². The van der Waals surface area contributed by atoms with E-state index in [1.54, 1.807) is 12.3 Å². The van der Waals surface area contributed by atoms with E-state index < -0.39 is 0 Å². The van der Waals surface area contributed by atoms with Crippen molar-refractivity contribution in [2.24, 2.45) is 0 Å². The van der Waals surface area contributed by atoms with E-state index in [4.69, 9.17) is 0 Å². The van der Waals surface area contributed by atoms with E-state index in [-0.39, 0.29) is 5.91 Å². The highest BCUT2D eigenvalue weighted by Gasteiger charge is 2.23. The van der Waals surface area contributed by atoms with Gasteiger partial charge in [-0.3, -0.25) is 9.78 Å². The molecule has 0 aliphatic carbocycles. The quantitative estimate of drug-likeness (QED) is 0.803. The zero-order valence-electron chi connectivity index (χ0n) is 11.4. The average molecular weight is 284 g/mol. The number of carbonyl (C=O) groups is 1. The zero-order valence-corrected chi connectivity index (χ0v) is 12.2. The first kappa shape index (κ1) is 13.2. The predicted molar refractivity (Wildman–Crippen MR) is 82.4 cm³/mol. The number of thioether (sulfide) groups is 1. The summed E-state index contributed by atoms with van der Waals surface area (Å²) in [7, 11) is 0. The van der Waals surface area contributed by atoms with Crippen molar-refractivity contribution >= 4 is 23.4 Å². The zero-order chi connectivity index (χ0) is 13.9. The van der Waals surface area contributed by atoms with E-state index in [0.717, 1.165) is 24.4 Å². The molecule has 0 fully saturated rings. The summed E-state index contributed by atoms with van der Waals surface area (Å²) in [5.74, 6) is 1.03. The Kier molecular flexibility index (Phi) is 3.74. The molecule has 2 aromatic rings. The number of rotatable bonds is 1. The third-order valence-corrected chi connectivity index (χ3v) is 4.45. The van der Waals surface area contributed by atoms with Crippen LogP contribution in [0.2, 0.25) is 0 Å². The summed E-state index contributed by atoms with van der Waals surface area (Å²) in [5.41, 5.74) is 2.74. The summed E-state index contributed by atoms with van der Waals surface area (Å²) in [4.78, 5) is 19.9. The number of anilines is 1. The second-order valence-electron chi connectivity index (χ2n) is 4.84. The Hall–Kier alpha value is -1.81. The fourth-order valence-electron chi connectivity index (χ4n) is 2.32. The van der Waals surface area contributed by atoms with Crippen LogP contribution in [0.5, 0.6) is 0 Å². The minimum atomic E-state index is -0.0156. The standard InChI is InChI=1S/C16H16N2OS/c1-12-6-7-14-15(11-12)20-10-4-9-18(14)16(19)13-5-2-3-8-17-13/h2-3,5-8,11H,4,9-10H2,1H3. The van der Waals surface area contributed by atoms with Crippen LogP contribution in [-0.2, 0) is 0 Å². The van der Waals surface area contributed by atoms with Crippen LogP contribution in [-0.4, -0.2) is 23.2 Å². The summed E-state index contributed by atoms with van der Waals surface area (Å²) in [6.45, 7) is 2.83. The Morgan fingerprint density at radius 3 is 3.00 bits per heavy atom. The molecule has 0 unspecified atom stereocenters. The lowest BCUT2D eigenvalue weighted by Gasteiger charge is -2.22. The summed E-state index contributed by atoms with van der Waals surface area (Å²) < 4.78 is 0. The van der Waals surface area contributed by atoms with E-state index >= 15 is 0 Å². The number of pyridine rings is 1. The summed E-state index contributed by atoms with van der Waals surface area (Å²) in [6.07, 6.45) is 2.66. The number of benzene rings is 1. The van der Waals surface area contributed by atoms with E-state index in [1.807, 2.05) is 34.9 Å². The highest BCUT2D eigenvalue weighted by atomic mass is 32.2. The maximum Gasteiger partial charge on any atom is 0.276 e. The fraction of sp³-hybridized carbons (Fsp3) is 0.250. The van der Waals surface area contributed by atoms with E-state index in [0.29, 0.717) is 5.69 Å². The lowest BCUT2D eigenvalue weighted by Crippen LogP contribution is -2.32. The topological polar surface area (TPSA) is 33.2 Å². The minimum Gasteiger partial charge on any atom is -0.306 e. The monoisotopic (exact) mass is 284 g/mol. The van der Waals surface area contributed by atoms with Crippen molar-refractivity contribution in [3.63, 3.8) is 0 Å². The molecule has 1 amide bonds. The molecule has 0 saturated heterocycles. The Bertz CT molecular complexity index is 628. The van der Waals surface area contributed by atoms with Gasteiger partial charge in [0.1, 0.15) is 5.69 Å². The highest BCUT2D eigenvalue weighted by molar-refractivity contribution is 7.99. The Balaban J connectivity index is 2.00. The van der Waals surface area contributed by atoms with E-state index in [1.165, 1.54) is 10.5 Å². The molecule has 0 bridgehead atoms. The van der Waals surface area contributed by atoms with Crippen molar-refractivity contribution in [2.45, 2.75) is 18.2 Å². The highest BCUT2D eigenvalue weighted by Crippen LogP contribution is 2.35. The maximum atomic E-state index is 12.7. The van der Waals surface area contributed by atoms with Gasteiger partial charge in [-0.15, -0.1) is 11.8 Å². The number of aromatic nitrogens is 1. The smallest absolute Gasteiger partial charge is 0.276 e. The van der Waals surface area contributed by atoms with Crippen LogP contribution in [0.25, 0.3) is 0 Å². The van der Waals surface area contributed by atoms with Gasteiger partial charge in [-0.05, 0) is 48.9 Å². The van der Waals surface area contributed by atoms with Crippen LogP contribution < -0.4 is 4.90 Å². The Labute approximate surface area is 123 Å². The summed E-state index contributed by atoms with van der Waals surface area (Å²) >= 11 is 1.83. The molecular formula is C16H16N2OS. The Morgan fingerprint density at radius 2 is 2.20 bits per heavy atom. The van der Waals surface area contributed by atoms with Crippen molar-refractivity contribution in [3.8, 4) is 0 Å². The van der Waals surface area contributed by atoms with Crippen molar-refractivity contribution < 1.29 is 4.79 Å². The molecule has 102 valence electrons. The van der Waals surface area contributed by atoms with Crippen LogP contribution in [0, 0.1) is 6.92 Å². The number of aryl methyl sites for hydroxylation is 1. The number of nitrogens with zero attached hydrogens (tertiary/aromatic N) is 2. The van der Waals surface area contributed by atoms with Crippen molar-refractivity contribution in [3.05, 3.63) is 53.9 Å². The van der Waals surface area contributed by atoms with Gasteiger partial charge in [0.25, 0.3) is 5.91 Å². The van der Waals surface area contributed by atoms with Crippen molar-refractivity contribution in [1.82, 2.24) is 4.98 Å². The molecule has 20 heavy (non-hydrogen) atoms. The van der Waals surface area contributed by atoms with E-state index in [2.05, 4.69) is 24.0 Å². The Morgan fingerprint density at radius 1 is 1.30 bits per heavy atom. The first-order valence-corrected chi connectivity index (χ1v) is 7.70. The number of fused-ring (bicyclic) bond motifs is 1. The molecule has 0 atom stereocenters. The largest absolute Gasteiger partial charge is 0.306 e. The number of hydrogen-bond donors (Lipinski definition) is 0. The maximum absolute atomic E-state index is 12.7. The second-order valence-corrected chi connectivity index (χ2v) is 5.98. The fourth-order valence-corrected chi connectivity index (χ4v) is 3.41. The number of carbonyl (C=O) groups excluding carboxylic acids is 1. The third kappa shape index (κ3) is 2.56. The molecule has 1 aliphatic heterocycles. The molecule has 3 nitrogen and oxygen atoms in total. The van der Waals surface area contributed by atoms with Crippen LogP contribution in [0.3, 0.4) is 0 Å². The van der Waals surface area contributed by atoms with Gasteiger partial charge in [0.15, 0.2) is 0 Å². The lowest BCUT2D eigenvalue weighted by molar-refractivity contribution is 0.0982. The van der Waals surface area contributed by atoms with Crippen LogP contribution in [0.15, 0.2) is 47.5 Å². The van der Waals surface area contributed by atoms with Crippen LogP contribution in [0.4, 0.5) is 5.69 Å². The van der Waals surface area contributed by atoms with Gasteiger partial charge in [-0.2, -0.15) is 0 Å². The molecule has 0 spiro atoms.